The van der Waals surface area contributed by atoms with Gasteiger partial charge in [0, 0.05) is 22.7 Å². The highest BCUT2D eigenvalue weighted by Crippen LogP contribution is 2.50. The summed E-state index contributed by atoms with van der Waals surface area (Å²) >= 11 is 0. The third kappa shape index (κ3) is 5.33. The number of hydrogen-bond acceptors (Lipinski definition) is 10. The minimum Gasteiger partial charge on any atom is -0.507 e. The van der Waals surface area contributed by atoms with Gasteiger partial charge in [-0.1, -0.05) is 11.8 Å². The van der Waals surface area contributed by atoms with Crippen molar-refractivity contribution in [3.8, 4) is 17.6 Å². The molecule has 2 aromatic carbocycles. The lowest BCUT2D eigenvalue weighted by molar-refractivity contribution is -0.181. The molecule has 5 rings (SSSR count). The number of fused-ring (bicyclic) bond motifs is 3. The van der Waals surface area contributed by atoms with E-state index in [0.29, 0.717) is 22.4 Å². The van der Waals surface area contributed by atoms with Crippen LogP contribution in [0.4, 0.5) is 5.69 Å². The van der Waals surface area contributed by atoms with Gasteiger partial charge in [0.15, 0.2) is 34.7 Å². The van der Waals surface area contributed by atoms with Crippen LogP contribution in [-0.2, 0) is 30.4 Å². The van der Waals surface area contributed by atoms with Crippen LogP contribution in [0, 0.1) is 35.5 Å². The highest BCUT2D eigenvalue weighted by Gasteiger charge is 2.69. The van der Waals surface area contributed by atoms with Gasteiger partial charge < -0.3 is 26.2 Å². The fraction of sp³-hybridized carbons (Fsp3) is 0.394. The van der Waals surface area contributed by atoms with Crippen LogP contribution >= 0.6 is 0 Å². The van der Waals surface area contributed by atoms with Crippen LogP contribution in [0.15, 0.2) is 36.4 Å². The lowest BCUT2D eigenvalue weighted by atomic mass is 9.52. The number of phenolic OH excluding ortho intramolecular Hbond substituents is 1. The number of hydrogen-bond donors (Lipinski definition) is 4. The predicted octanol–water partition coefficient (Wildman–Crippen LogP) is -0.233. The molecule has 6 atom stereocenters. The molecule has 12 heteroatoms. The van der Waals surface area contributed by atoms with Gasteiger partial charge in [0.05, 0.1) is 24.1 Å². The first-order valence-corrected chi connectivity index (χ1v) is 14.4. The number of Topliss-reactive ketones (excluding diaryl/α,β-unsaturated/α-hetero) is 4. The van der Waals surface area contributed by atoms with Crippen LogP contribution in [0.5, 0.6) is 5.75 Å². The molecule has 45 heavy (non-hydrogen) atoms. The summed E-state index contributed by atoms with van der Waals surface area (Å²) in [6, 6.07) is 8.57. The molecule has 0 aromatic heterocycles. The molecule has 0 radical (unpaired) electrons. The maximum atomic E-state index is 13.9. The van der Waals surface area contributed by atoms with Gasteiger partial charge in [-0.25, -0.2) is 0 Å². The lowest BCUT2D eigenvalue weighted by Gasteiger charge is -2.52. The predicted molar refractivity (Wildman–Crippen MR) is 161 cm³/mol. The molecule has 12 nitrogen and oxygen atoms in total. The summed E-state index contributed by atoms with van der Waals surface area (Å²) in [5.41, 5.74) is 4.55. The number of carbonyl (C=O) groups is 6. The van der Waals surface area contributed by atoms with E-state index in [0.717, 1.165) is 0 Å². The van der Waals surface area contributed by atoms with Crippen molar-refractivity contribution >= 4 is 40.6 Å². The molecule has 0 heterocycles. The smallest absolute Gasteiger partial charge is 0.238 e. The van der Waals surface area contributed by atoms with E-state index in [1.54, 1.807) is 49.3 Å². The summed E-state index contributed by atoms with van der Waals surface area (Å²) in [7, 11) is 6.65. The Kier molecular flexibility index (Phi) is 8.22. The number of ketones is 4. The van der Waals surface area contributed by atoms with Crippen molar-refractivity contribution in [3.63, 3.8) is 0 Å². The fourth-order valence-corrected chi connectivity index (χ4v) is 6.99. The van der Waals surface area contributed by atoms with Gasteiger partial charge in [-0.15, -0.1) is 0 Å². The van der Waals surface area contributed by atoms with E-state index in [9.17, 15) is 39.0 Å². The zero-order valence-electron chi connectivity index (χ0n) is 25.3. The highest BCUT2D eigenvalue weighted by atomic mass is 16.3. The number of nitrogens with two attached hydrogens (primary N) is 1. The van der Waals surface area contributed by atoms with E-state index < -0.39 is 64.4 Å². The van der Waals surface area contributed by atoms with Crippen LogP contribution in [0.25, 0.3) is 0 Å². The van der Waals surface area contributed by atoms with Gasteiger partial charge in [0.25, 0.3) is 0 Å². The second-order valence-corrected chi connectivity index (χ2v) is 12.4. The van der Waals surface area contributed by atoms with E-state index in [2.05, 4.69) is 17.2 Å². The molecule has 5 N–H and O–H groups in total. The number of benzene rings is 2. The summed E-state index contributed by atoms with van der Waals surface area (Å²) in [6.45, 7) is 0.232. The molecule has 3 aliphatic carbocycles. The average Bonchev–Trinajstić information content (AvgIpc) is 2.94. The van der Waals surface area contributed by atoms with E-state index in [1.165, 1.54) is 25.1 Å². The number of primary amides is 1. The summed E-state index contributed by atoms with van der Waals surface area (Å²) in [5.74, 6) is -5.12. The Morgan fingerprint density at radius 3 is 2.27 bits per heavy atom. The van der Waals surface area contributed by atoms with Gasteiger partial charge in [-0.2, -0.15) is 0 Å². The molecule has 2 amide bonds. The molecule has 0 spiro atoms. The van der Waals surface area contributed by atoms with Gasteiger partial charge in [-0.05, 0) is 88.9 Å². The highest BCUT2D eigenvalue weighted by molar-refractivity contribution is 6.32. The molecule has 0 aliphatic heterocycles. The summed E-state index contributed by atoms with van der Waals surface area (Å²) < 4.78 is 0. The van der Waals surface area contributed by atoms with Gasteiger partial charge in [0.1, 0.15) is 5.75 Å². The van der Waals surface area contributed by atoms with Crippen LogP contribution < -0.4 is 11.1 Å². The minimum absolute atomic E-state index is 0.0482. The molecule has 2 aromatic rings. The topological polar surface area (TPSA) is 187 Å². The number of carbonyl (C=O) groups excluding carboxylic acids is 6. The standard InChI is InChI=1S/C33H34N4O8/c1-36(2)15-23(39)35-19-10-6-16(7-11-19)5-8-17-9-12-22(38)25-20(17)13-18-14-21-27(37(3)4)29(41)26(32(34)44)31(43)33(21,45)30(42)24(18)28(25)40/h6-7,9-12,18,21,24,26-27,38,45H,13-15H2,1-4H3,(H2,34,44)(H,35,39)/t18-,21-,24?,26?,27-,33-/m1/s1. The third-order valence-electron chi connectivity index (χ3n) is 8.91. The van der Waals surface area contributed by atoms with Crippen LogP contribution in [0.1, 0.15) is 33.5 Å². The number of likely N-dealkylation sites (N-methyl/N-ethyl adjacent to an activating group) is 2. The minimum atomic E-state index is -2.78. The number of rotatable bonds is 5. The number of phenols is 1. The van der Waals surface area contributed by atoms with Crippen molar-refractivity contribution in [1.29, 1.82) is 0 Å². The number of nitrogens with one attached hydrogen (secondary N) is 1. The van der Waals surface area contributed by atoms with Crippen molar-refractivity contribution in [2.75, 3.05) is 40.1 Å². The fourth-order valence-electron chi connectivity index (χ4n) is 6.99. The number of aromatic hydroxyl groups is 1. The lowest BCUT2D eigenvalue weighted by Crippen LogP contribution is -2.74. The third-order valence-corrected chi connectivity index (χ3v) is 8.91. The largest absolute Gasteiger partial charge is 0.507 e. The Hall–Kier alpha value is -4.70. The second-order valence-electron chi connectivity index (χ2n) is 12.4. The van der Waals surface area contributed by atoms with Gasteiger partial charge >= 0.3 is 0 Å². The summed E-state index contributed by atoms with van der Waals surface area (Å²) in [5, 5.41) is 25.2. The molecule has 2 unspecified atom stereocenters. The normalized spacial score (nSPS) is 27.3. The van der Waals surface area contributed by atoms with E-state index in [4.69, 9.17) is 5.73 Å². The maximum absolute atomic E-state index is 13.9. The van der Waals surface area contributed by atoms with Crippen molar-refractivity contribution in [2.24, 2.45) is 29.4 Å². The zero-order chi connectivity index (χ0) is 33.0. The SMILES string of the molecule is CN(C)CC(=O)Nc1ccc(C#Cc2ccc(O)c3c2C[C@@H]2C[C@@H]4[C@@H](N(C)C)C(=O)C(C(N)=O)C(=O)[C@]4(O)C(=O)C2C3=O)cc1. The monoisotopic (exact) mass is 614 g/mol. The first-order chi connectivity index (χ1) is 21.2. The molecule has 2 fully saturated rings. The Morgan fingerprint density at radius 2 is 1.67 bits per heavy atom. The van der Waals surface area contributed by atoms with Crippen molar-refractivity contribution in [2.45, 2.75) is 24.5 Å². The maximum Gasteiger partial charge on any atom is 0.238 e. The summed E-state index contributed by atoms with van der Waals surface area (Å²) in [4.78, 5) is 81.8. The molecule has 0 bridgehead atoms. The Bertz CT molecular complexity index is 1700. The molecule has 3 aliphatic rings. The molecule has 234 valence electrons. The Balaban J connectivity index is 1.49. The van der Waals surface area contributed by atoms with E-state index >= 15 is 0 Å². The number of aliphatic hydroxyl groups is 1. The number of amides is 2. The number of anilines is 1. The van der Waals surface area contributed by atoms with Crippen LogP contribution in [-0.4, -0.2) is 101 Å². The van der Waals surface area contributed by atoms with Crippen molar-refractivity contribution < 1.29 is 39.0 Å². The van der Waals surface area contributed by atoms with Crippen molar-refractivity contribution in [1.82, 2.24) is 9.80 Å². The molecule has 2 saturated carbocycles. The Labute approximate surface area is 259 Å². The second kappa shape index (κ2) is 11.7. The number of nitrogens with zero attached hydrogens (tertiary/aromatic N) is 2. The Morgan fingerprint density at radius 1 is 1.00 bits per heavy atom. The average molecular weight is 615 g/mol. The van der Waals surface area contributed by atoms with Crippen molar-refractivity contribution in [3.05, 3.63) is 58.7 Å². The first kappa shape index (κ1) is 31.7. The zero-order valence-corrected chi connectivity index (χ0v) is 25.3. The molecular formula is C33H34N4O8. The first-order valence-electron chi connectivity index (χ1n) is 14.4. The molecule has 0 saturated heterocycles. The van der Waals surface area contributed by atoms with Gasteiger partial charge in [-0.3, -0.25) is 33.7 Å². The summed E-state index contributed by atoms with van der Waals surface area (Å²) in [6.07, 6.45) is 0.0640. The molecular weight excluding hydrogens is 580 g/mol. The van der Waals surface area contributed by atoms with Crippen LogP contribution in [0.2, 0.25) is 0 Å². The van der Waals surface area contributed by atoms with E-state index in [-0.39, 0.29) is 36.6 Å². The van der Waals surface area contributed by atoms with Gasteiger partial charge in [0.2, 0.25) is 11.8 Å². The van der Waals surface area contributed by atoms with E-state index in [1.807, 2.05) is 0 Å². The van der Waals surface area contributed by atoms with Crippen LogP contribution in [0.3, 0.4) is 0 Å². The quantitative estimate of drug-likeness (QED) is 0.259.